The van der Waals surface area contributed by atoms with Gasteiger partial charge in [0, 0.05) is 12.3 Å². The zero-order chi connectivity index (χ0) is 10.4. The highest BCUT2D eigenvalue weighted by Crippen LogP contribution is 2.30. The number of hydrogen-bond donors (Lipinski definition) is 0. The standard InChI is InChI=1S/C13H24O/c1-3-6-11-7-5-8-12(10-9-11)13(14)4-2/h11-12H,3-10H2,1-2H3. The SMILES string of the molecule is CCCC1CCCC(C(=O)CC)CC1. The van der Waals surface area contributed by atoms with Gasteiger partial charge in [-0.15, -0.1) is 0 Å². The molecule has 14 heavy (non-hydrogen) atoms. The lowest BCUT2D eigenvalue weighted by Crippen LogP contribution is -2.12. The maximum Gasteiger partial charge on any atom is 0.135 e. The molecule has 2 unspecified atom stereocenters. The largest absolute Gasteiger partial charge is 0.299 e. The third kappa shape index (κ3) is 3.43. The van der Waals surface area contributed by atoms with Gasteiger partial charge in [0.2, 0.25) is 0 Å². The van der Waals surface area contributed by atoms with E-state index in [1.807, 2.05) is 6.92 Å². The lowest BCUT2D eigenvalue weighted by Gasteiger charge is -2.13. The van der Waals surface area contributed by atoms with Crippen LogP contribution in [0.5, 0.6) is 0 Å². The summed E-state index contributed by atoms with van der Waals surface area (Å²) in [6.07, 6.45) is 9.67. The Morgan fingerprint density at radius 1 is 1.14 bits per heavy atom. The Labute approximate surface area is 88.3 Å². The van der Waals surface area contributed by atoms with E-state index in [0.717, 1.165) is 25.2 Å². The quantitative estimate of drug-likeness (QED) is 0.622. The van der Waals surface area contributed by atoms with Crippen molar-refractivity contribution >= 4 is 5.78 Å². The average Bonchev–Trinajstić information content (AvgIpc) is 2.43. The van der Waals surface area contributed by atoms with Crippen molar-refractivity contribution in [3.8, 4) is 0 Å². The Balaban J connectivity index is 2.36. The number of rotatable bonds is 4. The van der Waals surface area contributed by atoms with E-state index in [9.17, 15) is 4.79 Å². The van der Waals surface area contributed by atoms with Crippen LogP contribution in [0.25, 0.3) is 0 Å². The minimum absolute atomic E-state index is 0.404. The fourth-order valence-electron chi connectivity index (χ4n) is 2.69. The Morgan fingerprint density at radius 2 is 1.93 bits per heavy atom. The summed E-state index contributed by atoms with van der Waals surface area (Å²) >= 11 is 0. The molecule has 1 rings (SSSR count). The van der Waals surface area contributed by atoms with E-state index in [1.165, 1.54) is 32.1 Å². The summed E-state index contributed by atoms with van der Waals surface area (Å²) in [5.74, 6) is 1.82. The number of carbonyl (C=O) groups is 1. The first kappa shape index (κ1) is 11.7. The number of hydrogen-bond acceptors (Lipinski definition) is 1. The van der Waals surface area contributed by atoms with Gasteiger partial charge in [0.1, 0.15) is 5.78 Å². The first-order valence-electron chi connectivity index (χ1n) is 6.30. The summed E-state index contributed by atoms with van der Waals surface area (Å²) < 4.78 is 0. The lowest BCUT2D eigenvalue weighted by molar-refractivity contribution is -0.122. The molecule has 0 aromatic carbocycles. The molecule has 0 spiro atoms. The van der Waals surface area contributed by atoms with Crippen LogP contribution in [0.1, 0.15) is 65.2 Å². The van der Waals surface area contributed by atoms with Crippen molar-refractivity contribution in [2.24, 2.45) is 11.8 Å². The lowest BCUT2D eigenvalue weighted by atomic mass is 9.92. The van der Waals surface area contributed by atoms with Crippen molar-refractivity contribution in [1.82, 2.24) is 0 Å². The molecule has 0 bridgehead atoms. The molecule has 0 radical (unpaired) electrons. The number of carbonyl (C=O) groups excluding carboxylic acids is 1. The van der Waals surface area contributed by atoms with Crippen LogP contribution >= 0.6 is 0 Å². The number of Topliss-reactive ketones (excluding diaryl/α,β-unsaturated/α-hetero) is 1. The van der Waals surface area contributed by atoms with Gasteiger partial charge in [-0.1, -0.05) is 39.5 Å². The van der Waals surface area contributed by atoms with Gasteiger partial charge in [0.05, 0.1) is 0 Å². The fourth-order valence-corrected chi connectivity index (χ4v) is 2.69. The van der Waals surface area contributed by atoms with Gasteiger partial charge in [-0.2, -0.15) is 0 Å². The first-order valence-corrected chi connectivity index (χ1v) is 6.30. The van der Waals surface area contributed by atoms with Crippen LogP contribution in [0.15, 0.2) is 0 Å². The summed E-state index contributed by atoms with van der Waals surface area (Å²) in [6, 6.07) is 0. The van der Waals surface area contributed by atoms with E-state index < -0.39 is 0 Å². The highest BCUT2D eigenvalue weighted by atomic mass is 16.1. The normalized spacial score (nSPS) is 28.4. The predicted octanol–water partition coefficient (Wildman–Crippen LogP) is 3.96. The molecule has 1 aliphatic rings. The van der Waals surface area contributed by atoms with Crippen LogP contribution in [-0.2, 0) is 4.79 Å². The number of ketones is 1. The molecule has 0 N–H and O–H groups in total. The van der Waals surface area contributed by atoms with Crippen molar-refractivity contribution < 1.29 is 4.79 Å². The summed E-state index contributed by atoms with van der Waals surface area (Å²) in [7, 11) is 0. The predicted molar refractivity (Wildman–Crippen MR) is 60.3 cm³/mol. The summed E-state index contributed by atoms with van der Waals surface area (Å²) in [5, 5.41) is 0. The highest BCUT2D eigenvalue weighted by molar-refractivity contribution is 5.80. The molecule has 0 amide bonds. The summed E-state index contributed by atoms with van der Waals surface area (Å²) in [5.41, 5.74) is 0. The molecule has 0 aromatic rings. The average molecular weight is 196 g/mol. The molecule has 0 aromatic heterocycles. The molecular formula is C13H24O. The monoisotopic (exact) mass is 196 g/mol. The zero-order valence-electron chi connectivity index (χ0n) is 9.72. The Bertz CT molecular complexity index is 174. The molecule has 1 heteroatoms. The van der Waals surface area contributed by atoms with E-state index in [-0.39, 0.29) is 0 Å². The van der Waals surface area contributed by atoms with Crippen LogP contribution < -0.4 is 0 Å². The maximum atomic E-state index is 11.6. The van der Waals surface area contributed by atoms with Gasteiger partial charge < -0.3 is 0 Å². The van der Waals surface area contributed by atoms with E-state index in [4.69, 9.17) is 0 Å². The van der Waals surface area contributed by atoms with Crippen molar-refractivity contribution in [2.45, 2.75) is 65.2 Å². The van der Waals surface area contributed by atoms with Gasteiger partial charge in [-0.25, -0.2) is 0 Å². The van der Waals surface area contributed by atoms with Gasteiger partial charge in [0.25, 0.3) is 0 Å². The Kier molecular flexibility index (Phi) is 5.21. The smallest absolute Gasteiger partial charge is 0.135 e. The van der Waals surface area contributed by atoms with Crippen LogP contribution in [0, 0.1) is 11.8 Å². The molecule has 0 aliphatic heterocycles. The first-order chi connectivity index (χ1) is 6.77. The highest BCUT2D eigenvalue weighted by Gasteiger charge is 2.22. The second-order valence-corrected chi connectivity index (χ2v) is 4.68. The van der Waals surface area contributed by atoms with Crippen molar-refractivity contribution in [3.63, 3.8) is 0 Å². The van der Waals surface area contributed by atoms with Crippen LogP contribution in [0.3, 0.4) is 0 Å². The molecule has 2 atom stereocenters. The van der Waals surface area contributed by atoms with Crippen molar-refractivity contribution in [2.75, 3.05) is 0 Å². The van der Waals surface area contributed by atoms with Gasteiger partial charge in [-0.05, 0) is 25.2 Å². The van der Waals surface area contributed by atoms with Crippen molar-refractivity contribution in [1.29, 1.82) is 0 Å². The van der Waals surface area contributed by atoms with Crippen LogP contribution in [-0.4, -0.2) is 5.78 Å². The molecule has 1 nitrogen and oxygen atoms in total. The van der Waals surface area contributed by atoms with E-state index in [2.05, 4.69) is 6.92 Å². The van der Waals surface area contributed by atoms with E-state index in [0.29, 0.717) is 11.7 Å². The van der Waals surface area contributed by atoms with Gasteiger partial charge >= 0.3 is 0 Å². The van der Waals surface area contributed by atoms with Crippen LogP contribution in [0.2, 0.25) is 0 Å². The van der Waals surface area contributed by atoms with Crippen molar-refractivity contribution in [3.05, 3.63) is 0 Å². The second kappa shape index (κ2) is 6.21. The van der Waals surface area contributed by atoms with Crippen LogP contribution in [0.4, 0.5) is 0 Å². The maximum absolute atomic E-state index is 11.6. The molecule has 0 heterocycles. The molecular weight excluding hydrogens is 172 g/mol. The minimum Gasteiger partial charge on any atom is -0.299 e. The molecule has 1 fully saturated rings. The fraction of sp³-hybridized carbons (Fsp3) is 0.923. The van der Waals surface area contributed by atoms with Gasteiger partial charge in [0.15, 0.2) is 0 Å². The molecule has 1 aliphatic carbocycles. The topological polar surface area (TPSA) is 17.1 Å². The minimum atomic E-state index is 0.404. The zero-order valence-corrected chi connectivity index (χ0v) is 9.72. The molecule has 82 valence electrons. The summed E-state index contributed by atoms with van der Waals surface area (Å²) in [4.78, 5) is 11.6. The van der Waals surface area contributed by atoms with E-state index in [1.54, 1.807) is 0 Å². The Morgan fingerprint density at radius 3 is 2.57 bits per heavy atom. The van der Waals surface area contributed by atoms with E-state index >= 15 is 0 Å². The summed E-state index contributed by atoms with van der Waals surface area (Å²) in [6.45, 7) is 4.26. The third-order valence-electron chi connectivity index (χ3n) is 3.59. The van der Waals surface area contributed by atoms with Gasteiger partial charge in [-0.3, -0.25) is 4.79 Å². The second-order valence-electron chi connectivity index (χ2n) is 4.68. The third-order valence-corrected chi connectivity index (χ3v) is 3.59. The Hall–Kier alpha value is -0.330. The molecule has 1 saturated carbocycles. The molecule has 0 saturated heterocycles.